The summed E-state index contributed by atoms with van der Waals surface area (Å²) in [4.78, 5) is 13.0. The average molecular weight is 299 g/mol. The van der Waals surface area contributed by atoms with Gasteiger partial charge in [0, 0.05) is 26.6 Å². The minimum atomic E-state index is 0.109. The van der Waals surface area contributed by atoms with Crippen LogP contribution in [0.2, 0.25) is 5.02 Å². The van der Waals surface area contributed by atoms with Crippen LogP contribution in [0.4, 0.5) is 0 Å². The maximum absolute atomic E-state index is 11.4. The maximum Gasteiger partial charge on any atom is 0.222 e. The van der Waals surface area contributed by atoms with Crippen LogP contribution >= 0.6 is 11.6 Å². The first-order valence-electron chi connectivity index (χ1n) is 6.75. The molecule has 20 heavy (non-hydrogen) atoms. The highest BCUT2D eigenvalue weighted by Crippen LogP contribution is 2.28. The van der Waals surface area contributed by atoms with Gasteiger partial charge in [-0.1, -0.05) is 17.7 Å². The first-order valence-corrected chi connectivity index (χ1v) is 7.13. The summed E-state index contributed by atoms with van der Waals surface area (Å²) in [7, 11) is 5.41. The van der Waals surface area contributed by atoms with Crippen molar-refractivity contribution in [1.82, 2.24) is 10.2 Å². The summed E-state index contributed by atoms with van der Waals surface area (Å²) in [6, 6.07) is 6.02. The van der Waals surface area contributed by atoms with Gasteiger partial charge >= 0.3 is 0 Å². The van der Waals surface area contributed by atoms with E-state index in [-0.39, 0.29) is 11.9 Å². The number of nitrogens with one attached hydrogen (secondary N) is 1. The molecule has 0 radical (unpaired) electrons. The number of carbonyl (C=O) groups excluding carboxylic acids is 1. The Kier molecular flexibility index (Phi) is 6.82. The Morgan fingerprint density at radius 3 is 2.70 bits per heavy atom. The molecule has 0 aliphatic heterocycles. The van der Waals surface area contributed by atoms with E-state index in [1.807, 2.05) is 25.2 Å². The largest absolute Gasteiger partial charge is 0.492 e. The van der Waals surface area contributed by atoms with Crippen molar-refractivity contribution >= 4 is 17.5 Å². The van der Waals surface area contributed by atoms with Gasteiger partial charge in [-0.3, -0.25) is 4.79 Å². The van der Waals surface area contributed by atoms with E-state index in [1.54, 1.807) is 19.0 Å². The average Bonchev–Trinajstić information content (AvgIpc) is 2.43. The highest BCUT2D eigenvalue weighted by atomic mass is 35.5. The van der Waals surface area contributed by atoms with E-state index in [0.29, 0.717) is 30.2 Å². The zero-order chi connectivity index (χ0) is 15.1. The summed E-state index contributed by atoms with van der Waals surface area (Å²) in [5.74, 6) is 0.772. The van der Waals surface area contributed by atoms with Crippen LogP contribution in [0.5, 0.6) is 5.75 Å². The van der Waals surface area contributed by atoms with Gasteiger partial charge in [0.2, 0.25) is 5.91 Å². The predicted octanol–water partition coefficient (Wildman–Crippen LogP) is 2.87. The fraction of sp³-hybridized carbons (Fsp3) is 0.533. The van der Waals surface area contributed by atoms with Gasteiger partial charge in [-0.05, 0) is 38.1 Å². The Morgan fingerprint density at radius 1 is 1.45 bits per heavy atom. The van der Waals surface area contributed by atoms with E-state index in [4.69, 9.17) is 16.3 Å². The lowest BCUT2D eigenvalue weighted by Gasteiger charge is -2.14. The first kappa shape index (κ1) is 16.8. The van der Waals surface area contributed by atoms with Crippen molar-refractivity contribution in [3.8, 4) is 5.75 Å². The van der Waals surface area contributed by atoms with Crippen LogP contribution in [0.25, 0.3) is 0 Å². The van der Waals surface area contributed by atoms with Gasteiger partial charge in [0.15, 0.2) is 0 Å². The minimum Gasteiger partial charge on any atom is -0.492 e. The SMILES string of the molecule is CNC(C)c1ccc(OCCCC(=O)N(C)C)c(Cl)c1. The van der Waals surface area contributed by atoms with E-state index >= 15 is 0 Å². The third kappa shape index (κ3) is 5.02. The zero-order valence-electron chi connectivity index (χ0n) is 12.6. The number of hydrogen-bond acceptors (Lipinski definition) is 3. The summed E-state index contributed by atoms with van der Waals surface area (Å²) < 4.78 is 5.61. The van der Waals surface area contributed by atoms with Crippen molar-refractivity contribution in [2.24, 2.45) is 0 Å². The Hall–Kier alpha value is -1.26. The molecule has 1 unspecified atom stereocenters. The Balaban J connectivity index is 2.47. The number of halogens is 1. The lowest BCUT2D eigenvalue weighted by molar-refractivity contribution is -0.128. The molecule has 0 spiro atoms. The number of carbonyl (C=O) groups is 1. The second-order valence-electron chi connectivity index (χ2n) is 4.94. The van der Waals surface area contributed by atoms with Gasteiger partial charge in [-0.15, -0.1) is 0 Å². The van der Waals surface area contributed by atoms with Crippen LogP contribution in [0, 0.1) is 0 Å². The Labute approximate surface area is 126 Å². The number of nitrogens with zero attached hydrogens (tertiary/aromatic N) is 1. The smallest absolute Gasteiger partial charge is 0.222 e. The molecule has 1 N–H and O–H groups in total. The Bertz CT molecular complexity index is 449. The topological polar surface area (TPSA) is 41.6 Å². The van der Waals surface area contributed by atoms with Crippen LogP contribution in [-0.2, 0) is 4.79 Å². The number of ether oxygens (including phenoxy) is 1. The molecular weight excluding hydrogens is 276 g/mol. The van der Waals surface area contributed by atoms with Gasteiger partial charge in [0.05, 0.1) is 11.6 Å². The highest BCUT2D eigenvalue weighted by molar-refractivity contribution is 6.32. The second-order valence-corrected chi connectivity index (χ2v) is 5.35. The number of benzene rings is 1. The molecule has 0 saturated heterocycles. The summed E-state index contributed by atoms with van der Waals surface area (Å²) in [6.45, 7) is 2.55. The molecule has 0 bridgehead atoms. The van der Waals surface area contributed by atoms with E-state index in [2.05, 4.69) is 12.2 Å². The van der Waals surface area contributed by atoms with Gasteiger partial charge in [0.1, 0.15) is 5.75 Å². The first-order chi connectivity index (χ1) is 9.45. The summed E-state index contributed by atoms with van der Waals surface area (Å²) >= 11 is 6.19. The molecular formula is C15H23ClN2O2. The lowest BCUT2D eigenvalue weighted by Crippen LogP contribution is -2.21. The van der Waals surface area contributed by atoms with E-state index in [9.17, 15) is 4.79 Å². The van der Waals surface area contributed by atoms with Gasteiger partial charge < -0.3 is 15.0 Å². The van der Waals surface area contributed by atoms with Crippen molar-refractivity contribution < 1.29 is 9.53 Å². The standard InChI is InChI=1S/C15H23ClN2O2/c1-11(17-2)12-7-8-14(13(16)10-12)20-9-5-6-15(19)18(3)4/h7-8,10-11,17H,5-6,9H2,1-4H3. The van der Waals surface area contributed by atoms with E-state index < -0.39 is 0 Å². The molecule has 0 aliphatic carbocycles. The van der Waals surface area contributed by atoms with Crippen molar-refractivity contribution in [1.29, 1.82) is 0 Å². The third-order valence-electron chi connectivity index (χ3n) is 3.18. The molecule has 1 amide bonds. The molecule has 0 saturated carbocycles. The van der Waals surface area contributed by atoms with Gasteiger partial charge in [-0.25, -0.2) is 0 Å². The normalized spacial score (nSPS) is 12.1. The van der Waals surface area contributed by atoms with E-state index in [0.717, 1.165) is 5.56 Å². The quantitative estimate of drug-likeness (QED) is 0.787. The third-order valence-corrected chi connectivity index (χ3v) is 3.48. The predicted molar refractivity (Wildman–Crippen MR) is 82.3 cm³/mol. The van der Waals surface area contributed by atoms with Crippen LogP contribution in [0.15, 0.2) is 18.2 Å². The molecule has 5 heteroatoms. The molecule has 112 valence electrons. The number of hydrogen-bond donors (Lipinski definition) is 1. The summed E-state index contributed by atoms with van der Waals surface area (Å²) in [5, 5.41) is 3.76. The molecule has 1 atom stereocenters. The van der Waals surface area contributed by atoms with Crippen molar-refractivity contribution in [3.63, 3.8) is 0 Å². The van der Waals surface area contributed by atoms with E-state index in [1.165, 1.54) is 0 Å². The summed E-state index contributed by atoms with van der Waals surface area (Å²) in [6.07, 6.45) is 1.17. The highest BCUT2D eigenvalue weighted by Gasteiger charge is 2.08. The van der Waals surface area contributed by atoms with Gasteiger partial charge in [0.25, 0.3) is 0 Å². The van der Waals surface area contributed by atoms with Crippen molar-refractivity contribution in [3.05, 3.63) is 28.8 Å². The van der Waals surface area contributed by atoms with Crippen molar-refractivity contribution in [2.45, 2.75) is 25.8 Å². The second kappa shape index (κ2) is 8.12. The molecule has 0 fully saturated rings. The maximum atomic E-state index is 11.4. The van der Waals surface area contributed by atoms with Crippen LogP contribution in [0.3, 0.4) is 0 Å². The fourth-order valence-corrected chi connectivity index (χ4v) is 1.94. The molecule has 0 heterocycles. The lowest BCUT2D eigenvalue weighted by atomic mass is 10.1. The minimum absolute atomic E-state index is 0.109. The van der Waals surface area contributed by atoms with Gasteiger partial charge in [-0.2, -0.15) is 0 Å². The van der Waals surface area contributed by atoms with Crippen LogP contribution in [0.1, 0.15) is 31.4 Å². The van der Waals surface area contributed by atoms with Crippen LogP contribution < -0.4 is 10.1 Å². The summed E-state index contributed by atoms with van der Waals surface area (Å²) in [5.41, 5.74) is 1.12. The molecule has 1 rings (SSSR count). The number of amides is 1. The molecule has 0 aliphatic rings. The molecule has 0 aromatic heterocycles. The Morgan fingerprint density at radius 2 is 2.15 bits per heavy atom. The fourth-order valence-electron chi connectivity index (χ4n) is 1.70. The zero-order valence-corrected chi connectivity index (χ0v) is 13.3. The molecule has 4 nitrogen and oxygen atoms in total. The van der Waals surface area contributed by atoms with Crippen molar-refractivity contribution in [2.75, 3.05) is 27.7 Å². The molecule has 1 aromatic rings. The monoisotopic (exact) mass is 298 g/mol. The molecule has 1 aromatic carbocycles. The van der Waals surface area contributed by atoms with Crippen LogP contribution in [-0.4, -0.2) is 38.6 Å². The number of rotatable bonds is 7.